The van der Waals surface area contributed by atoms with Crippen molar-refractivity contribution in [1.82, 2.24) is 4.72 Å². The van der Waals surface area contributed by atoms with Gasteiger partial charge < -0.3 is 20.5 Å². The quantitative estimate of drug-likeness (QED) is 0.129. The lowest BCUT2D eigenvalue weighted by Crippen LogP contribution is -2.37. The largest absolute Gasteiger partial charge is 0.493 e. The molecule has 1 atom stereocenters. The molecule has 0 radical (unpaired) electrons. The number of ether oxygens (including phenoxy) is 2. The van der Waals surface area contributed by atoms with E-state index in [2.05, 4.69) is 10.0 Å². The summed E-state index contributed by atoms with van der Waals surface area (Å²) < 4.78 is 39.8. The molecule has 1 amide bonds. The second-order valence-electron chi connectivity index (χ2n) is 8.80. The molecule has 0 spiro atoms. The molecule has 1 unspecified atom stereocenters. The summed E-state index contributed by atoms with van der Waals surface area (Å²) in [5.41, 5.74) is 7.84. The summed E-state index contributed by atoms with van der Waals surface area (Å²) in [5, 5.41) is 10.7. The number of carbonyl (C=O) groups is 1. The Labute approximate surface area is 247 Å². The fourth-order valence-electron chi connectivity index (χ4n) is 3.86. The summed E-state index contributed by atoms with van der Waals surface area (Å²) in [7, 11) is -2.93. The van der Waals surface area contributed by atoms with Crippen molar-refractivity contribution in [2.24, 2.45) is 5.73 Å². The molecule has 5 N–H and O–H groups in total. The molecule has 0 fully saturated rings. The Kier molecular flexibility index (Phi) is 9.38. The van der Waals surface area contributed by atoms with Crippen LogP contribution >= 0.6 is 23.2 Å². The summed E-state index contributed by atoms with van der Waals surface area (Å²) in [6.45, 7) is 0.292. The average molecular weight is 614 g/mol. The first-order chi connectivity index (χ1) is 19.6. The molecule has 41 heavy (non-hydrogen) atoms. The maximum atomic E-state index is 13.5. The molecule has 9 nitrogen and oxygen atoms in total. The molecule has 0 saturated heterocycles. The van der Waals surface area contributed by atoms with Crippen molar-refractivity contribution in [3.8, 4) is 11.5 Å². The van der Waals surface area contributed by atoms with Crippen LogP contribution in [0.4, 0.5) is 5.69 Å². The van der Waals surface area contributed by atoms with Crippen molar-refractivity contribution in [1.29, 1.82) is 5.41 Å². The summed E-state index contributed by atoms with van der Waals surface area (Å²) in [5.74, 6) is -0.239. The summed E-state index contributed by atoms with van der Waals surface area (Å²) in [4.78, 5) is 13.2. The number of amides is 1. The molecule has 0 aliphatic carbocycles. The number of anilines is 1. The molecule has 0 aliphatic heterocycles. The predicted molar refractivity (Wildman–Crippen MR) is 159 cm³/mol. The highest BCUT2D eigenvalue weighted by molar-refractivity contribution is 7.90. The Morgan fingerprint density at radius 2 is 1.66 bits per heavy atom. The highest BCUT2D eigenvalue weighted by Gasteiger charge is 2.28. The zero-order valence-corrected chi connectivity index (χ0v) is 24.1. The van der Waals surface area contributed by atoms with Gasteiger partial charge in [0.1, 0.15) is 23.4 Å². The number of carbonyl (C=O) groups excluding carboxylic acids is 1. The van der Waals surface area contributed by atoms with Gasteiger partial charge in [0.2, 0.25) is 0 Å². The molecule has 212 valence electrons. The fraction of sp³-hybridized carbons (Fsp3) is 0.103. The minimum absolute atomic E-state index is 0.0967. The SMILES string of the molecule is COc1cc(C(Nc2ccc(C(=N)N)cc2)C(=O)NS(=O)(=O)c2cc(Cl)ccc2Cl)ccc1OCc1ccccc1. The lowest BCUT2D eigenvalue weighted by atomic mass is 10.0. The Hall–Kier alpha value is -4.25. The van der Waals surface area contributed by atoms with Gasteiger partial charge in [0.05, 0.1) is 12.1 Å². The number of hydrogen-bond donors (Lipinski definition) is 4. The van der Waals surface area contributed by atoms with E-state index in [0.717, 1.165) is 11.6 Å². The number of nitrogens with one attached hydrogen (secondary N) is 3. The van der Waals surface area contributed by atoms with Gasteiger partial charge in [-0.25, -0.2) is 13.1 Å². The van der Waals surface area contributed by atoms with Crippen molar-refractivity contribution in [2.75, 3.05) is 12.4 Å². The molecular formula is C29H26Cl2N4O5S. The maximum absolute atomic E-state index is 13.5. The highest BCUT2D eigenvalue weighted by Crippen LogP contribution is 2.33. The third-order valence-electron chi connectivity index (χ3n) is 5.94. The van der Waals surface area contributed by atoms with Crippen molar-refractivity contribution in [3.63, 3.8) is 0 Å². The summed E-state index contributed by atoms with van der Waals surface area (Å²) in [6, 6.07) is 23.6. The van der Waals surface area contributed by atoms with Crippen molar-refractivity contribution in [2.45, 2.75) is 17.5 Å². The Balaban J connectivity index is 1.66. The number of nitrogen functional groups attached to an aromatic ring is 1. The first kappa shape index (κ1) is 29.7. The van der Waals surface area contributed by atoms with Crippen molar-refractivity contribution < 1.29 is 22.7 Å². The predicted octanol–water partition coefficient (Wildman–Crippen LogP) is 5.52. The van der Waals surface area contributed by atoms with Gasteiger partial charge in [0.15, 0.2) is 11.5 Å². The minimum Gasteiger partial charge on any atom is -0.493 e. The molecule has 0 aliphatic rings. The summed E-state index contributed by atoms with van der Waals surface area (Å²) in [6.07, 6.45) is 0. The molecule has 0 heterocycles. The molecule has 0 aromatic heterocycles. The second kappa shape index (κ2) is 12.9. The zero-order valence-electron chi connectivity index (χ0n) is 21.7. The van der Waals surface area contributed by atoms with Gasteiger partial charge in [0.25, 0.3) is 15.9 Å². The van der Waals surface area contributed by atoms with Gasteiger partial charge in [-0.3, -0.25) is 10.2 Å². The normalized spacial score (nSPS) is 11.8. The van der Waals surface area contributed by atoms with Crippen LogP contribution in [0.5, 0.6) is 11.5 Å². The number of amidine groups is 1. The van der Waals surface area contributed by atoms with Crippen LogP contribution in [-0.4, -0.2) is 27.3 Å². The van der Waals surface area contributed by atoms with Crippen LogP contribution in [0.25, 0.3) is 0 Å². The first-order valence-electron chi connectivity index (χ1n) is 12.1. The standard InChI is InChI=1S/C29H26Cl2N4O5S/c1-39-25-15-20(9-14-24(25)40-17-18-5-3-2-4-6-18)27(34-22-11-7-19(8-12-22)28(32)33)29(36)35-41(37,38)26-16-21(30)10-13-23(26)31/h2-16,27,34H,17H2,1H3,(H3,32,33)(H,35,36). The van der Waals surface area contributed by atoms with E-state index in [4.69, 9.17) is 43.8 Å². The van der Waals surface area contributed by atoms with Crippen molar-refractivity contribution >= 4 is 50.7 Å². The van der Waals surface area contributed by atoms with Crippen LogP contribution in [-0.2, 0) is 21.4 Å². The van der Waals surface area contributed by atoms with Crippen LogP contribution < -0.4 is 25.2 Å². The minimum atomic E-state index is -4.40. The number of rotatable bonds is 11. The lowest BCUT2D eigenvalue weighted by Gasteiger charge is -2.22. The van der Waals surface area contributed by atoms with Crippen LogP contribution in [0.2, 0.25) is 10.0 Å². The van der Waals surface area contributed by atoms with Crippen LogP contribution in [0.15, 0.2) is 95.9 Å². The number of methoxy groups -OCH3 is 1. The van der Waals surface area contributed by atoms with Gasteiger partial charge in [-0.1, -0.05) is 59.6 Å². The Morgan fingerprint density at radius 3 is 2.32 bits per heavy atom. The van der Waals surface area contributed by atoms with E-state index in [1.54, 1.807) is 42.5 Å². The third-order valence-corrected chi connectivity index (χ3v) is 8.01. The van der Waals surface area contributed by atoms with E-state index in [1.807, 2.05) is 30.3 Å². The van der Waals surface area contributed by atoms with Crippen LogP contribution in [0.3, 0.4) is 0 Å². The second-order valence-corrected chi connectivity index (χ2v) is 11.3. The van der Waals surface area contributed by atoms with E-state index < -0.39 is 22.0 Å². The monoisotopic (exact) mass is 612 g/mol. The molecular weight excluding hydrogens is 587 g/mol. The van der Waals surface area contributed by atoms with Crippen molar-refractivity contribution in [3.05, 3.63) is 118 Å². The van der Waals surface area contributed by atoms with Crippen LogP contribution in [0.1, 0.15) is 22.7 Å². The van der Waals surface area contributed by atoms with E-state index >= 15 is 0 Å². The average Bonchev–Trinajstić information content (AvgIpc) is 2.96. The van der Waals surface area contributed by atoms with E-state index in [1.165, 1.54) is 19.2 Å². The number of nitrogens with two attached hydrogens (primary N) is 1. The number of benzene rings is 4. The van der Waals surface area contributed by atoms with Gasteiger partial charge >= 0.3 is 0 Å². The molecule has 0 bridgehead atoms. The van der Waals surface area contributed by atoms with Gasteiger partial charge in [-0.2, -0.15) is 0 Å². The Bertz CT molecular complexity index is 1670. The van der Waals surface area contributed by atoms with Gasteiger partial charge in [-0.05, 0) is 65.7 Å². The highest BCUT2D eigenvalue weighted by atomic mass is 35.5. The number of halogens is 2. The topological polar surface area (TPSA) is 144 Å². The smallest absolute Gasteiger partial charge is 0.265 e. The molecule has 4 aromatic rings. The fourth-order valence-corrected chi connectivity index (χ4v) is 5.62. The number of sulfonamides is 1. The molecule has 4 aromatic carbocycles. The molecule has 4 rings (SSSR count). The van der Waals surface area contributed by atoms with E-state index in [9.17, 15) is 13.2 Å². The summed E-state index contributed by atoms with van der Waals surface area (Å²) >= 11 is 12.1. The van der Waals surface area contributed by atoms with Gasteiger partial charge in [-0.15, -0.1) is 0 Å². The first-order valence-corrected chi connectivity index (χ1v) is 14.4. The van der Waals surface area contributed by atoms with E-state index in [0.29, 0.717) is 34.9 Å². The van der Waals surface area contributed by atoms with Crippen LogP contribution in [0, 0.1) is 5.41 Å². The number of hydrogen-bond acceptors (Lipinski definition) is 7. The molecule has 0 saturated carbocycles. The lowest BCUT2D eigenvalue weighted by molar-refractivity contribution is -0.120. The Morgan fingerprint density at radius 1 is 0.951 bits per heavy atom. The van der Waals surface area contributed by atoms with Gasteiger partial charge in [0, 0.05) is 16.3 Å². The van der Waals surface area contributed by atoms with E-state index in [-0.39, 0.29) is 20.8 Å². The third kappa shape index (κ3) is 7.49. The molecule has 12 heteroatoms. The zero-order chi connectivity index (χ0) is 29.6. The maximum Gasteiger partial charge on any atom is 0.265 e.